The Bertz CT molecular complexity index is 2310. The Kier molecular flexibility index (Phi) is 6.93. The fourth-order valence-electron chi connectivity index (χ4n) is 8.03. The van der Waals surface area contributed by atoms with Gasteiger partial charge in [0.2, 0.25) is 0 Å². The van der Waals surface area contributed by atoms with Gasteiger partial charge in [-0.1, -0.05) is 134 Å². The molecule has 3 aliphatic rings. The first kappa shape index (κ1) is 27.8. The molecule has 0 saturated carbocycles. The van der Waals surface area contributed by atoms with Gasteiger partial charge in [-0.25, -0.2) is 4.98 Å². The van der Waals surface area contributed by atoms with Crippen molar-refractivity contribution in [3.8, 4) is 22.5 Å². The van der Waals surface area contributed by atoms with Crippen molar-refractivity contribution >= 4 is 33.6 Å². The summed E-state index contributed by atoms with van der Waals surface area (Å²) in [6.45, 7) is 0. The lowest BCUT2D eigenvalue weighted by Gasteiger charge is -2.29. The summed E-state index contributed by atoms with van der Waals surface area (Å²) in [5.74, 6) is 1.39. The number of imidazole rings is 1. The second-order valence-electron chi connectivity index (χ2n) is 12.9. The van der Waals surface area contributed by atoms with Crippen LogP contribution in [-0.4, -0.2) is 9.55 Å². The minimum absolute atomic E-state index is 0.372. The van der Waals surface area contributed by atoms with Crippen LogP contribution in [0.4, 0.5) is 0 Å². The third-order valence-electron chi connectivity index (χ3n) is 10.2. The van der Waals surface area contributed by atoms with Gasteiger partial charge < -0.3 is 0 Å². The van der Waals surface area contributed by atoms with Crippen LogP contribution in [0, 0.1) is 0 Å². The summed E-state index contributed by atoms with van der Waals surface area (Å²) in [5, 5.41) is 2.76. The zero-order chi connectivity index (χ0) is 31.2. The van der Waals surface area contributed by atoms with Gasteiger partial charge in [-0.3, -0.25) is 4.57 Å². The molecule has 2 nitrogen and oxygen atoms in total. The highest BCUT2D eigenvalue weighted by molar-refractivity contribution is 6.04. The van der Waals surface area contributed by atoms with Crippen LogP contribution in [0.15, 0.2) is 157 Å². The number of fused-ring (bicyclic) bond motifs is 3. The average molecular weight is 605 g/mol. The molecular formula is C45H36N2. The Morgan fingerprint density at radius 3 is 2.11 bits per heavy atom. The maximum Gasteiger partial charge on any atom is 0.145 e. The van der Waals surface area contributed by atoms with Crippen molar-refractivity contribution in [2.45, 2.75) is 38.0 Å². The molecule has 2 heteroatoms. The summed E-state index contributed by atoms with van der Waals surface area (Å²) in [7, 11) is 0. The molecule has 9 rings (SSSR count). The van der Waals surface area contributed by atoms with E-state index in [1.807, 2.05) is 0 Å². The quantitative estimate of drug-likeness (QED) is 0.191. The SMILES string of the molecule is C1=CCC(c2c3c(c(-c4ccccc4)c4ccccc24)CCC(C2=CC=C(n4c(-c5ccccc5)nc5ccccc54)CC2)=C3)C=C1. The van der Waals surface area contributed by atoms with Gasteiger partial charge in [-0.2, -0.15) is 0 Å². The van der Waals surface area contributed by atoms with Crippen molar-refractivity contribution in [3.05, 3.63) is 173 Å². The fourth-order valence-corrected chi connectivity index (χ4v) is 8.03. The molecule has 0 radical (unpaired) electrons. The first-order valence-corrected chi connectivity index (χ1v) is 16.9. The summed E-state index contributed by atoms with van der Waals surface area (Å²) >= 11 is 0. The molecule has 0 aliphatic heterocycles. The van der Waals surface area contributed by atoms with E-state index in [0.717, 1.165) is 49.0 Å². The summed E-state index contributed by atoms with van der Waals surface area (Å²) in [5.41, 5.74) is 14.7. The van der Waals surface area contributed by atoms with E-state index in [9.17, 15) is 0 Å². The van der Waals surface area contributed by atoms with E-state index >= 15 is 0 Å². The largest absolute Gasteiger partial charge is 0.296 e. The maximum absolute atomic E-state index is 5.08. The van der Waals surface area contributed by atoms with Gasteiger partial charge in [0.25, 0.3) is 0 Å². The second kappa shape index (κ2) is 11.7. The molecule has 0 N–H and O–H groups in total. The van der Waals surface area contributed by atoms with Crippen molar-refractivity contribution in [1.29, 1.82) is 0 Å². The van der Waals surface area contributed by atoms with Gasteiger partial charge in [0, 0.05) is 17.2 Å². The molecule has 0 spiro atoms. The van der Waals surface area contributed by atoms with Gasteiger partial charge in [0.1, 0.15) is 5.82 Å². The monoisotopic (exact) mass is 604 g/mol. The number of hydrogen-bond acceptors (Lipinski definition) is 1. The zero-order valence-electron chi connectivity index (χ0n) is 26.4. The van der Waals surface area contributed by atoms with Crippen molar-refractivity contribution in [3.63, 3.8) is 0 Å². The molecule has 47 heavy (non-hydrogen) atoms. The summed E-state index contributed by atoms with van der Waals surface area (Å²) in [6.07, 6.45) is 21.6. The lowest BCUT2D eigenvalue weighted by atomic mass is 9.75. The van der Waals surface area contributed by atoms with E-state index in [2.05, 4.69) is 156 Å². The molecule has 0 saturated heterocycles. The number of nitrogens with zero attached hydrogens (tertiary/aromatic N) is 2. The van der Waals surface area contributed by atoms with Crippen molar-refractivity contribution in [1.82, 2.24) is 9.55 Å². The van der Waals surface area contributed by atoms with E-state index in [1.54, 1.807) is 0 Å². The molecule has 0 fully saturated rings. The standard InChI is InChI=1S/C45H36N2/c1-4-14-32(15-5-1)43-37-20-10-11-21-38(37)44(33-16-6-2-7-17-33)40-30-35(26-29-39(40)43)31-24-27-36(28-25-31)47-42-23-13-12-22-41(42)46-45(47)34-18-8-3-9-19-34/h1-16,18-24,27,30,33H,17,25-26,28-29H2. The van der Waals surface area contributed by atoms with Crippen molar-refractivity contribution < 1.29 is 0 Å². The normalized spacial score (nSPS) is 17.4. The van der Waals surface area contributed by atoms with Crippen LogP contribution in [0.3, 0.4) is 0 Å². The van der Waals surface area contributed by atoms with Crippen LogP contribution in [0.5, 0.6) is 0 Å². The molecule has 1 unspecified atom stereocenters. The second-order valence-corrected chi connectivity index (χ2v) is 12.9. The lowest BCUT2D eigenvalue weighted by molar-refractivity contribution is 0.840. The molecule has 1 aromatic heterocycles. The Balaban J connectivity index is 1.19. The minimum atomic E-state index is 0.372. The van der Waals surface area contributed by atoms with Crippen LogP contribution >= 0.6 is 0 Å². The highest BCUT2D eigenvalue weighted by atomic mass is 15.1. The number of rotatable bonds is 5. The molecule has 5 aromatic carbocycles. The Morgan fingerprint density at radius 2 is 1.34 bits per heavy atom. The number of benzene rings is 5. The van der Waals surface area contributed by atoms with Crippen molar-refractivity contribution in [2.24, 2.45) is 0 Å². The number of aromatic nitrogens is 2. The van der Waals surface area contributed by atoms with Gasteiger partial charge >= 0.3 is 0 Å². The number of allylic oxidation sites excluding steroid dienone is 9. The van der Waals surface area contributed by atoms with Crippen LogP contribution in [0.25, 0.3) is 56.1 Å². The molecule has 226 valence electrons. The molecule has 1 heterocycles. The minimum Gasteiger partial charge on any atom is -0.296 e. The summed E-state index contributed by atoms with van der Waals surface area (Å²) in [6, 6.07) is 39.2. The molecule has 0 amide bonds. The lowest BCUT2D eigenvalue weighted by Crippen LogP contribution is -2.11. The van der Waals surface area contributed by atoms with E-state index in [-0.39, 0.29) is 0 Å². The van der Waals surface area contributed by atoms with Crippen LogP contribution in [0.2, 0.25) is 0 Å². The summed E-state index contributed by atoms with van der Waals surface area (Å²) < 4.78 is 2.38. The van der Waals surface area contributed by atoms with Gasteiger partial charge in [0.05, 0.1) is 11.0 Å². The predicted octanol–water partition coefficient (Wildman–Crippen LogP) is 11.7. The smallest absolute Gasteiger partial charge is 0.145 e. The molecule has 0 bridgehead atoms. The highest BCUT2D eigenvalue weighted by Gasteiger charge is 2.27. The van der Waals surface area contributed by atoms with Crippen molar-refractivity contribution in [2.75, 3.05) is 0 Å². The Morgan fingerprint density at radius 1 is 0.617 bits per heavy atom. The van der Waals surface area contributed by atoms with E-state index in [1.165, 1.54) is 60.9 Å². The maximum atomic E-state index is 5.08. The third-order valence-corrected chi connectivity index (χ3v) is 10.2. The zero-order valence-corrected chi connectivity index (χ0v) is 26.4. The number of para-hydroxylation sites is 2. The predicted molar refractivity (Wildman–Crippen MR) is 198 cm³/mol. The van der Waals surface area contributed by atoms with E-state index in [4.69, 9.17) is 4.98 Å². The van der Waals surface area contributed by atoms with E-state index < -0.39 is 0 Å². The van der Waals surface area contributed by atoms with Gasteiger partial charge in [-0.05, 0) is 100 Å². The van der Waals surface area contributed by atoms with Crippen LogP contribution in [-0.2, 0) is 6.42 Å². The van der Waals surface area contributed by atoms with Crippen LogP contribution in [0.1, 0.15) is 48.3 Å². The van der Waals surface area contributed by atoms with Gasteiger partial charge in [-0.15, -0.1) is 0 Å². The van der Waals surface area contributed by atoms with Crippen LogP contribution < -0.4 is 0 Å². The Labute approximate surface area is 276 Å². The molecule has 3 aliphatic carbocycles. The third kappa shape index (κ3) is 4.84. The van der Waals surface area contributed by atoms with E-state index in [0.29, 0.717) is 5.92 Å². The van der Waals surface area contributed by atoms with Gasteiger partial charge in [0.15, 0.2) is 0 Å². The summed E-state index contributed by atoms with van der Waals surface area (Å²) in [4.78, 5) is 5.08. The highest BCUT2D eigenvalue weighted by Crippen LogP contribution is 2.47. The first-order chi connectivity index (χ1) is 23.3. The topological polar surface area (TPSA) is 17.8 Å². The molecule has 1 atom stereocenters. The average Bonchev–Trinajstić information content (AvgIpc) is 3.54. The molecule has 6 aromatic rings. The Hall–Kier alpha value is -5.47. The first-order valence-electron chi connectivity index (χ1n) is 16.9. The number of hydrogen-bond donors (Lipinski definition) is 0. The fraction of sp³-hybridized carbons (Fsp3) is 0.133. The molecular weight excluding hydrogens is 569 g/mol.